The number of halogens is 1. The van der Waals surface area contributed by atoms with Crippen LogP contribution in [0, 0.1) is 5.82 Å². The SMILES string of the molecule is O=C(O)C1CCc2sc(NCc3cccc(F)c3)nc21. The number of carboxylic acid groups (broad SMARTS) is 1. The highest BCUT2D eigenvalue weighted by molar-refractivity contribution is 7.15. The van der Waals surface area contributed by atoms with Crippen molar-refractivity contribution in [1.29, 1.82) is 0 Å². The van der Waals surface area contributed by atoms with Crippen LogP contribution in [0.25, 0.3) is 0 Å². The summed E-state index contributed by atoms with van der Waals surface area (Å²) in [5.41, 5.74) is 1.51. The van der Waals surface area contributed by atoms with Crippen molar-refractivity contribution in [3.63, 3.8) is 0 Å². The van der Waals surface area contributed by atoms with E-state index in [2.05, 4.69) is 10.3 Å². The van der Waals surface area contributed by atoms with Crippen molar-refractivity contribution in [3.05, 3.63) is 46.2 Å². The van der Waals surface area contributed by atoms with Gasteiger partial charge in [-0.2, -0.15) is 0 Å². The number of carbonyl (C=O) groups is 1. The van der Waals surface area contributed by atoms with Crippen LogP contribution in [0.1, 0.15) is 28.5 Å². The lowest BCUT2D eigenvalue weighted by atomic mass is 10.1. The van der Waals surface area contributed by atoms with E-state index in [-0.39, 0.29) is 5.82 Å². The third-order valence-corrected chi connectivity index (χ3v) is 4.44. The monoisotopic (exact) mass is 292 g/mol. The number of nitrogens with one attached hydrogen (secondary N) is 1. The summed E-state index contributed by atoms with van der Waals surface area (Å²) in [6.07, 6.45) is 1.40. The molecule has 1 unspecified atom stereocenters. The summed E-state index contributed by atoms with van der Waals surface area (Å²) in [6, 6.07) is 6.36. The van der Waals surface area contributed by atoms with Crippen LogP contribution in [0.5, 0.6) is 0 Å². The molecule has 1 atom stereocenters. The molecular formula is C14H13FN2O2S. The van der Waals surface area contributed by atoms with Gasteiger partial charge in [-0.3, -0.25) is 4.79 Å². The second-order valence-corrected chi connectivity index (χ2v) is 5.82. The number of nitrogens with zero attached hydrogens (tertiary/aromatic N) is 1. The maximum absolute atomic E-state index is 13.1. The maximum Gasteiger partial charge on any atom is 0.312 e. The number of rotatable bonds is 4. The first kappa shape index (κ1) is 13.1. The van der Waals surface area contributed by atoms with Gasteiger partial charge in [-0.05, 0) is 30.5 Å². The average molecular weight is 292 g/mol. The lowest BCUT2D eigenvalue weighted by Gasteiger charge is -2.04. The van der Waals surface area contributed by atoms with Crippen molar-refractivity contribution in [2.24, 2.45) is 0 Å². The first-order valence-electron chi connectivity index (χ1n) is 6.34. The minimum absolute atomic E-state index is 0.267. The number of hydrogen-bond donors (Lipinski definition) is 2. The van der Waals surface area contributed by atoms with Crippen LogP contribution in [0.4, 0.5) is 9.52 Å². The van der Waals surface area contributed by atoms with Gasteiger partial charge in [0.15, 0.2) is 5.13 Å². The number of benzene rings is 1. The van der Waals surface area contributed by atoms with Crippen molar-refractivity contribution >= 4 is 22.4 Å². The molecule has 1 heterocycles. The highest BCUT2D eigenvalue weighted by Crippen LogP contribution is 2.38. The highest BCUT2D eigenvalue weighted by atomic mass is 32.1. The zero-order chi connectivity index (χ0) is 14.1. The molecule has 2 aromatic rings. The number of thiazole rings is 1. The summed E-state index contributed by atoms with van der Waals surface area (Å²) in [4.78, 5) is 16.5. The Bertz CT molecular complexity index is 656. The topological polar surface area (TPSA) is 62.2 Å². The van der Waals surface area contributed by atoms with Gasteiger partial charge in [-0.1, -0.05) is 12.1 Å². The first-order valence-corrected chi connectivity index (χ1v) is 7.16. The predicted molar refractivity (Wildman–Crippen MR) is 74.5 cm³/mol. The molecule has 2 N–H and O–H groups in total. The molecule has 104 valence electrons. The Kier molecular flexibility index (Phi) is 3.40. The molecule has 1 aliphatic rings. The van der Waals surface area contributed by atoms with Gasteiger partial charge < -0.3 is 10.4 Å². The molecule has 20 heavy (non-hydrogen) atoms. The fourth-order valence-electron chi connectivity index (χ4n) is 2.37. The molecule has 1 aromatic heterocycles. The van der Waals surface area contributed by atoms with Crippen molar-refractivity contribution < 1.29 is 14.3 Å². The van der Waals surface area contributed by atoms with E-state index in [1.54, 1.807) is 6.07 Å². The molecule has 4 nitrogen and oxygen atoms in total. The molecule has 0 spiro atoms. The molecule has 0 fully saturated rings. The van der Waals surface area contributed by atoms with Crippen LogP contribution in [-0.2, 0) is 17.8 Å². The van der Waals surface area contributed by atoms with Gasteiger partial charge in [0.05, 0.1) is 5.69 Å². The first-order chi connectivity index (χ1) is 9.63. The van der Waals surface area contributed by atoms with Gasteiger partial charge in [-0.25, -0.2) is 9.37 Å². The molecule has 0 bridgehead atoms. The van der Waals surface area contributed by atoms with Crippen LogP contribution in [0.3, 0.4) is 0 Å². The number of fused-ring (bicyclic) bond motifs is 1. The van der Waals surface area contributed by atoms with E-state index in [4.69, 9.17) is 5.11 Å². The lowest BCUT2D eigenvalue weighted by Crippen LogP contribution is -2.09. The minimum Gasteiger partial charge on any atom is -0.481 e. The summed E-state index contributed by atoms with van der Waals surface area (Å²) in [7, 11) is 0. The van der Waals surface area contributed by atoms with E-state index >= 15 is 0 Å². The number of aryl methyl sites for hydroxylation is 1. The van der Waals surface area contributed by atoms with Gasteiger partial charge in [0.1, 0.15) is 11.7 Å². The summed E-state index contributed by atoms with van der Waals surface area (Å²) in [5.74, 6) is -1.56. The Morgan fingerprint density at radius 2 is 2.40 bits per heavy atom. The van der Waals surface area contributed by atoms with Gasteiger partial charge in [-0.15, -0.1) is 11.3 Å². The number of hydrogen-bond acceptors (Lipinski definition) is 4. The summed E-state index contributed by atoms with van der Waals surface area (Å²) >= 11 is 1.49. The highest BCUT2D eigenvalue weighted by Gasteiger charge is 2.32. The molecule has 0 radical (unpaired) electrons. The van der Waals surface area contributed by atoms with Crippen LogP contribution in [0.2, 0.25) is 0 Å². The van der Waals surface area contributed by atoms with E-state index in [1.807, 2.05) is 6.07 Å². The molecule has 6 heteroatoms. The Morgan fingerprint density at radius 3 is 3.15 bits per heavy atom. The fourth-order valence-corrected chi connectivity index (χ4v) is 3.40. The van der Waals surface area contributed by atoms with Gasteiger partial charge in [0.25, 0.3) is 0 Å². The summed E-state index contributed by atoms with van der Waals surface area (Å²) in [5, 5.41) is 12.9. The molecule has 1 aromatic carbocycles. The average Bonchev–Trinajstić information content (AvgIpc) is 2.95. The van der Waals surface area contributed by atoms with E-state index in [1.165, 1.54) is 23.5 Å². The summed E-state index contributed by atoms with van der Waals surface area (Å²) < 4.78 is 13.1. The molecule has 3 rings (SSSR count). The van der Waals surface area contributed by atoms with Crippen LogP contribution in [0.15, 0.2) is 24.3 Å². The van der Waals surface area contributed by atoms with E-state index in [0.717, 1.165) is 16.9 Å². The van der Waals surface area contributed by atoms with Crippen LogP contribution < -0.4 is 5.32 Å². The lowest BCUT2D eigenvalue weighted by molar-refractivity contribution is -0.138. The molecule has 0 amide bonds. The number of carboxylic acids is 1. The van der Waals surface area contributed by atoms with E-state index in [9.17, 15) is 9.18 Å². The quantitative estimate of drug-likeness (QED) is 0.909. The second kappa shape index (κ2) is 5.20. The largest absolute Gasteiger partial charge is 0.481 e. The van der Waals surface area contributed by atoms with E-state index < -0.39 is 11.9 Å². The fraction of sp³-hybridized carbons (Fsp3) is 0.286. The third-order valence-electron chi connectivity index (χ3n) is 3.35. The maximum atomic E-state index is 13.1. The van der Waals surface area contributed by atoms with Crippen molar-refractivity contribution in [2.45, 2.75) is 25.3 Å². The summed E-state index contributed by atoms with van der Waals surface area (Å²) in [6.45, 7) is 0.474. The van der Waals surface area contributed by atoms with Gasteiger partial charge in [0, 0.05) is 11.4 Å². The van der Waals surface area contributed by atoms with Gasteiger partial charge >= 0.3 is 5.97 Å². The zero-order valence-corrected chi connectivity index (χ0v) is 11.4. The van der Waals surface area contributed by atoms with E-state index in [0.29, 0.717) is 23.8 Å². The Hall–Kier alpha value is -1.95. The smallest absolute Gasteiger partial charge is 0.312 e. The zero-order valence-electron chi connectivity index (χ0n) is 10.6. The standard InChI is InChI=1S/C14H13FN2O2S/c15-9-3-1-2-8(6-9)7-16-14-17-12-10(13(18)19)4-5-11(12)20-14/h1-3,6,10H,4-5,7H2,(H,16,17)(H,18,19). The normalized spacial score (nSPS) is 16.9. The molecule has 1 aliphatic carbocycles. The minimum atomic E-state index is -0.814. The van der Waals surface area contributed by atoms with Crippen LogP contribution >= 0.6 is 11.3 Å². The number of aliphatic carboxylic acids is 1. The third kappa shape index (κ3) is 2.51. The molecule has 0 saturated heterocycles. The molecule has 0 saturated carbocycles. The Balaban J connectivity index is 1.71. The van der Waals surface area contributed by atoms with Crippen molar-refractivity contribution in [1.82, 2.24) is 4.98 Å². The Morgan fingerprint density at radius 1 is 1.55 bits per heavy atom. The molecule has 0 aliphatic heterocycles. The predicted octanol–water partition coefficient (Wildman–Crippen LogP) is 3.01. The molecular weight excluding hydrogens is 279 g/mol. The van der Waals surface area contributed by atoms with Gasteiger partial charge in [0.2, 0.25) is 0 Å². The van der Waals surface area contributed by atoms with Crippen molar-refractivity contribution in [3.8, 4) is 0 Å². The number of anilines is 1. The van der Waals surface area contributed by atoms with Crippen molar-refractivity contribution in [2.75, 3.05) is 5.32 Å². The second-order valence-electron chi connectivity index (χ2n) is 4.74. The Labute approximate surface area is 119 Å². The van der Waals surface area contributed by atoms with Crippen LogP contribution in [-0.4, -0.2) is 16.1 Å². The number of aromatic nitrogens is 1.